The highest BCUT2D eigenvalue weighted by molar-refractivity contribution is 7.11. The number of benzene rings is 1. The SMILES string of the molecule is CC(C)(C)OC(=O)N[C@H](Cc1ccccc1)C(=O)N1CCC[C@H]1C(=O)N[C@@H](CCCCN)C(=O)c1nccs1. The first-order valence-corrected chi connectivity index (χ1v) is 14.2. The molecule has 1 aromatic carbocycles. The van der Waals surface area contributed by atoms with Crippen molar-refractivity contribution in [2.45, 2.75) is 83.0 Å². The van der Waals surface area contributed by atoms with E-state index in [0.29, 0.717) is 43.8 Å². The van der Waals surface area contributed by atoms with Gasteiger partial charge < -0.3 is 26.0 Å². The zero-order chi connectivity index (χ0) is 28.4. The minimum absolute atomic E-state index is 0.244. The molecule has 1 saturated heterocycles. The summed E-state index contributed by atoms with van der Waals surface area (Å²) in [5.74, 6) is -1.01. The van der Waals surface area contributed by atoms with Crippen LogP contribution in [0.2, 0.25) is 0 Å². The minimum Gasteiger partial charge on any atom is -0.444 e. The normalized spacial score (nSPS) is 16.8. The average molecular weight is 558 g/mol. The van der Waals surface area contributed by atoms with Crippen LogP contribution in [0, 0.1) is 0 Å². The van der Waals surface area contributed by atoms with E-state index >= 15 is 0 Å². The molecule has 0 radical (unpaired) electrons. The Morgan fingerprint density at radius 2 is 1.87 bits per heavy atom. The highest BCUT2D eigenvalue weighted by Crippen LogP contribution is 2.21. The number of ketones is 1. The number of Topliss-reactive ketones (excluding diaryl/α,β-unsaturated/α-hetero) is 1. The van der Waals surface area contributed by atoms with E-state index in [1.165, 1.54) is 16.2 Å². The van der Waals surface area contributed by atoms with E-state index in [0.717, 1.165) is 12.0 Å². The quantitative estimate of drug-likeness (QED) is 0.269. The Kier molecular flexibility index (Phi) is 11.0. The number of carbonyl (C=O) groups is 4. The van der Waals surface area contributed by atoms with E-state index in [1.54, 1.807) is 32.3 Å². The Labute approximate surface area is 233 Å². The summed E-state index contributed by atoms with van der Waals surface area (Å²) in [5.41, 5.74) is 5.75. The molecule has 0 saturated carbocycles. The van der Waals surface area contributed by atoms with Crippen LogP contribution in [0.1, 0.15) is 68.2 Å². The molecule has 1 aromatic heterocycles. The first-order chi connectivity index (χ1) is 18.6. The third kappa shape index (κ3) is 9.14. The third-order valence-electron chi connectivity index (χ3n) is 6.33. The number of nitrogens with two attached hydrogens (primary N) is 1. The van der Waals surface area contributed by atoms with Crippen LogP contribution in [0.3, 0.4) is 0 Å². The van der Waals surface area contributed by atoms with E-state index in [4.69, 9.17) is 10.5 Å². The Hall–Kier alpha value is -3.31. The summed E-state index contributed by atoms with van der Waals surface area (Å²) >= 11 is 1.22. The molecule has 3 atom stereocenters. The van der Waals surface area contributed by atoms with Crippen molar-refractivity contribution in [3.8, 4) is 0 Å². The van der Waals surface area contributed by atoms with Crippen molar-refractivity contribution in [3.63, 3.8) is 0 Å². The first-order valence-electron chi connectivity index (χ1n) is 13.4. The van der Waals surface area contributed by atoms with Gasteiger partial charge in [-0.2, -0.15) is 0 Å². The van der Waals surface area contributed by atoms with Crippen LogP contribution in [0.25, 0.3) is 0 Å². The molecule has 0 aliphatic carbocycles. The molecule has 0 bridgehead atoms. The summed E-state index contributed by atoms with van der Waals surface area (Å²) in [6.45, 7) is 6.11. The molecule has 212 valence electrons. The van der Waals surface area contributed by atoms with Gasteiger partial charge in [0.2, 0.25) is 17.6 Å². The first kappa shape index (κ1) is 30.2. The van der Waals surface area contributed by atoms with Crippen molar-refractivity contribution in [1.29, 1.82) is 0 Å². The predicted molar refractivity (Wildman–Crippen MR) is 149 cm³/mol. The summed E-state index contributed by atoms with van der Waals surface area (Å²) in [7, 11) is 0. The number of likely N-dealkylation sites (tertiary alicyclic amines) is 1. The monoisotopic (exact) mass is 557 g/mol. The van der Waals surface area contributed by atoms with Gasteiger partial charge in [-0.3, -0.25) is 14.4 Å². The molecule has 3 amide bonds. The number of hydrogen-bond acceptors (Lipinski definition) is 8. The number of carbonyl (C=O) groups excluding carboxylic acids is 4. The van der Waals surface area contributed by atoms with Crippen molar-refractivity contribution in [3.05, 3.63) is 52.5 Å². The van der Waals surface area contributed by atoms with Gasteiger partial charge in [-0.25, -0.2) is 9.78 Å². The van der Waals surface area contributed by atoms with Crippen molar-refractivity contribution < 1.29 is 23.9 Å². The van der Waals surface area contributed by atoms with Crippen LogP contribution in [0.15, 0.2) is 41.9 Å². The topological polar surface area (TPSA) is 144 Å². The molecular weight excluding hydrogens is 518 g/mol. The van der Waals surface area contributed by atoms with Gasteiger partial charge in [-0.15, -0.1) is 11.3 Å². The second-order valence-corrected chi connectivity index (χ2v) is 11.5. The molecule has 39 heavy (non-hydrogen) atoms. The lowest BCUT2D eigenvalue weighted by Crippen LogP contribution is -2.56. The van der Waals surface area contributed by atoms with E-state index in [1.807, 2.05) is 30.3 Å². The van der Waals surface area contributed by atoms with E-state index < -0.39 is 29.8 Å². The number of alkyl carbamates (subject to hydrolysis) is 1. The predicted octanol–water partition coefficient (Wildman–Crippen LogP) is 3.07. The Morgan fingerprint density at radius 1 is 1.13 bits per heavy atom. The summed E-state index contributed by atoms with van der Waals surface area (Å²) in [6.07, 6.45) is 4.01. The van der Waals surface area contributed by atoms with Gasteiger partial charge in [-0.1, -0.05) is 30.3 Å². The summed E-state index contributed by atoms with van der Waals surface area (Å²) in [6, 6.07) is 6.92. The van der Waals surface area contributed by atoms with Gasteiger partial charge in [0.15, 0.2) is 5.01 Å². The second kappa shape index (κ2) is 14.2. The largest absolute Gasteiger partial charge is 0.444 e. The molecule has 1 fully saturated rings. The third-order valence-corrected chi connectivity index (χ3v) is 7.12. The number of unbranched alkanes of at least 4 members (excludes halogenated alkanes) is 1. The van der Waals surface area contributed by atoms with Crippen molar-refractivity contribution >= 4 is 35.0 Å². The maximum absolute atomic E-state index is 13.8. The number of ether oxygens (including phenoxy) is 1. The zero-order valence-corrected chi connectivity index (χ0v) is 23.7. The van der Waals surface area contributed by atoms with Crippen LogP contribution >= 0.6 is 11.3 Å². The van der Waals surface area contributed by atoms with Crippen LogP contribution in [0.4, 0.5) is 4.79 Å². The maximum Gasteiger partial charge on any atom is 0.408 e. The number of nitrogens with zero attached hydrogens (tertiary/aromatic N) is 2. The molecule has 0 spiro atoms. The highest BCUT2D eigenvalue weighted by atomic mass is 32.1. The van der Waals surface area contributed by atoms with Crippen LogP contribution in [-0.2, 0) is 20.7 Å². The maximum atomic E-state index is 13.8. The molecule has 4 N–H and O–H groups in total. The van der Waals surface area contributed by atoms with Crippen molar-refractivity contribution in [2.75, 3.05) is 13.1 Å². The molecule has 10 nitrogen and oxygen atoms in total. The number of hydrogen-bond donors (Lipinski definition) is 3. The van der Waals surface area contributed by atoms with Gasteiger partial charge in [0.05, 0.1) is 6.04 Å². The van der Waals surface area contributed by atoms with Gasteiger partial charge in [0, 0.05) is 24.5 Å². The molecule has 2 aromatic rings. The fraction of sp³-hybridized carbons (Fsp3) is 0.536. The fourth-order valence-corrected chi connectivity index (χ4v) is 5.16. The minimum atomic E-state index is -0.923. The van der Waals surface area contributed by atoms with Gasteiger partial charge in [0.1, 0.15) is 17.7 Å². The molecule has 11 heteroatoms. The smallest absolute Gasteiger partial charge is 0.408 e. The second-order valence-electron chi connectivity index (χ2n) is 10.6. The Balaban J connectivity index is 1.76. The van der Waals surface area contributed by atoms with Crippen molar-refractivity contribution in [1.82, 2.24) is 20.5 Å². The number of amides is 3. The Morgan fingerprint density at radius 3 is 2.51 bits per heavy atom. The lowest BCUT2D eigenvalue weighted by atomic mass is 10.0. The van der Waals surface area contributed by atoms with Gasteiger partial charge >= 0.3 is 6.09 Å². The van der Waals surface area contributed by atoms with Gasteiger partial charge in [0.25, 0.3) is 0 Å². The molecule has 0 unspecified atom stereocenters. The number of thiazole rings is 1. The number of rotatable bonds is 12. The van der Waals surface area contributed by atoms with Crippen LogP contribution in [-0.4, -0.2) is 70.4 Å². The van der Waals surface area contributed by atoms with Gasteiger partial charge in [-0.05, 0) is 65.0 Å². The highest BCUT2D eigenvalue weighted by Gasteiger charge is 2.39. The Bertz CT molecular complexity index is 1100. The summed E-state index contributed by atoms with van der Waals surface area (Å²) < 4.78 is 5.40. The summed E-state index contributed by atoms with van der Waals surface area (Å²) in [4.78, 5) is 58.5. The van der Waals surface area contributed by atoms with E-state index in [2.05, 4.69) is 15.6 Å². The number of aromatic nitrogens is 1. The van der Waals surface area contributed by atoms with Crippen LogP contribution < -0.4 is 16.4 Å². The average Bonchev–Trinajstić information content (AvgIpc) is 3.59. The number of nitrogens with one attached hydrogen (secondary N) is 2. The van der Waals surface area contributed by atoms with Crippen molar-refractivity contribution in [2.24, 2.45) is 5.73 Å². The molecule has 3 rings (SSSR count). The molecule has 2 heterocycles. The molecule has 1 aliphatic rings. The standard InChI is InChI=1S/C28H39N5O5S/c1-28(2,3)38-27(37)32-21(18-19-10-5-4-6-11-19)26(36)33-16-9-13-22(33)24(35)31-20(12-7-8-14-29)23(34)25-30-15-17-39-25/h4-6,10-11,15,17,20-22H,7-9,12-14,16,18,29H2,1-3H3,(H,31,35)(H,32,37)/t20-,21+,22-/m0/s1. The van der Waals surface area contributed by atoms with E-state index in [9.17, 15) is 19.2 Å². The van der Waals surface area contributed by atoms with Crippen LogP contribution in [0.5, 0.6) is 0 Å². The lowest BCUT2D eigenvalue weighted by Gasteiger charge is -2.30. The summed E-state index contributed by atoms with van der Waals surface area (Å²) in [5, 5.41) is 7.64. The molecular formula is C28H39N5O5S. The molecule has 1 aliphatic heterocycles. The zero-order valence-electron chi connectivity index (χ0n) is 22.9. The lowest BCUT2D eigenvalue weighted by molar-refractivity contribution is -0.140. The van der Waals surface area contributed by atoms with E-state index in [-0.39, 0.29) is 24.0 Å². The fourth-order valence-electron chi connectivity index (χ4n) is 4.53.